The molecule has 128 valence electrons. The first kappa shape index (κ1) is 20.6. The molecule has 0 saturated heterocycles. The number of nitrogens with one attached hydrogen (secondary N) is 2. The maximum atomic E-state index is 11.6. The number of carbonyl (C=O) groups excluding carboxylic acids is 2. The summed E-state index contributed by atoms with van der Waals surface area (Å²) < 4.78 is 5.18. The van der Waals surface area contributed by atoms with Crippen LogP contribution in [0.3, 0.4) is 0 Å². The number of amides is 1. The van der Waals surface area contributed by atoms with E-state index < -0.39 is 11.6 Å². The molecule has 0 aliphatic rings. The molecule has 0 fully saturated rings. The molecule has 1 heterocycles. The minimum atomic E-state index is -0.521. The number of pyridine rings is 1. The van der Waals surface area contributed by atoms with Gasteiger partial charge in [-0.2, -0.15) is 0 Å². The molecule has 6 nitrogen and oxygen atoms in total. The number of carbonyl (C=O) groups is 2. The molecule has 0 aliphatic carbocycles. The van der Waals surface area contributed by atoms with Gasteiger partial charge in [0.25, 0.3) is 0 Å². The maximum absolute atomic E-state index is 11.6. The summed E-state index contributed by atoms with van der Waals surface area (Å²) in [6, 6.07) is 1.79. The van der Waals surface area contributed by atoms with Gasteiger partial charge in [0, 0.05) is 18.8 Å². The smallest absolute Gasteiger partial charge is 0.331 e. The number of hydrogen-bond donors (Lipinski definition) is 2. The Hall–Kier alpha value is -2.37. The van der Waals surface area contributed by atoms with Crippen molar-refractivity contribution in [2.45, 2.75) is 47.1 Å². The van der Waals surface area contributed by atoms with E-state index in [1.165, 1.54) is 6.08 Å². The molecule has 1 amide bonds. The summed E-state index contributed by atoms with van der Waals surface area (Å²) in [6.45, 7) is 12.1. The minimum Gasteiger partial charge on any atom is -0.457 e. The second-order valence-electron chi connectivity index (χ2n) is 5.32. The molecule has 2 N–H and O–H groups in total. The van der Waals surface area contributed by atoms with Gasteiger partial charge in [0.1, 0.15) is 5.60 Å². The second kappa shape index (κ2) is 10.4. The molecule has 0 unspecified atom stereocenters. The number of anilines is 2. The Bertz CT molecular complexity index is 534. The normalized spacial score (nSPS) is 10.5. The van der Waals surface area contributed by atoms with Gasteiger partial charge in [-0.3, -0.25) is 4.79 Å². The van der Waals surface area contributed by atoms with Crippen LogP contribution in [0.15, 0.2) is 18.3 Å². The van der Waals surface area contributed by atoms with E-state index in [0.717, 1.165) is 5.56 Å². The summed E-state index contributed by atoms with van der Waals surface area (Å²) in [7, 11) is 0. The van der Waals surface area contributed by atoms with Crippen molar-refractivity contribution in [2.24, 2.45) is 0 Å². The molecule has 0 saturated carbocycles. The topological polar surface area (TPSA) is 80.3 Å². The van der Waals surface area contributed by atoms with E-state index in [0.29, 0.717) is 24.5 Å². The molecule has 0 aliphatic heterocycles. The molecule has 1 aromatic heterocycles. The fourth-order valence-electron chi connectivity index (χ4n) is 1.57. The van der Waals surface area contributed by atoms with Gasteiger partial charge >= 0.3 is 5.97 Å². The van der Waals surface area contributed by atoms with Crippen LogP contribution in [0.4, 0.5) is 11.5 Å². The van der Waals surface area contributed by atoms with Gasteiger partial charge in [-0.25, -0.2) is 9.78 Å². The zero-order chi connectivity index (χ0) is 17.9. The van der Waals surface area contributed by atoms with Gasteiger partial charge in [0.05, 0.1) is 5.69 Å². The molecule has 1 rings (SSSR count). The molecular formula is C17H27N3O3. The number of nitrogens with zero attached hydrogens (tertiary/aromatic N) is 1. The number of esters is 1. The highest BCUT2D eigenvalue weighted by Crippen LogP contribution is 2.20. The van der Waals surface area contributed by atoms with E-state index >= 15 is 0 Å². The van der Waals surface area contributed by atoms with Crippen LogP contribution in [0.25, 0.3) is 6.08 Å². The lowest BCUT2D eigenvalue weighted by Gasteiger charge is -2.17. The largest absolute Gasteiger partial charge is 0.457 e. The highest BCUT2D eigenvalue weighted by atomic mass is 16.6. The van der Waals surface area contributed by atoms with Crippen LogP contribution in [0.2, 0.25) is 0 Å². The number of aromatic nitrogens is 1. The quantitative estimate of drug-likeness (QED) is 0.476. The van der Waals surface area contributed by atoms with E-state index in [4.69, 9.17) is 4.74 Å². The summed E-state index contributed by atoms with van der Waals surface area (Å²) >= 11 is 0. The molecule has 0 aromatic carbocycles. The van der Waals surface area contributed by atoms with Crippen LogP contribution in [0.5, 0.6) is 0 Å². The second-order valence-corrected chi connectivity index (χ2v) is 5.32. The van der Waals surface area contributed by atoms with Gasteiger partial charge in [-0.05, 0) is 45.4 Å². The van der Waals surface area contributed by atoms with Crippen molar-refractivity contribution >= 4 is 30.0 Å². The predicted molar refractivity (Wildman–Crippen MR) is 94.3 cm³/mol. The van der Waals surface area contributed by atoms with Gasteiger partial charge in [0.15, 0.2) is 5.82 Å². The van der Waals surface area contributed by atoms with Crippen molar-refractivity contribution in [1.82, 2.24) is 4.98 Å². The minimum absolute atomic E-state index is 0.414. The van der Waals surface area contributed by atoms with Crippen LogP contribution in [0, 0.1) is 0 Å². The average Bonchev–Trinajstić information content (AvgIpc) is 2.48. The van der Waals surface area contributed by atoms with Crippen LogP contribution in [-0.2, 0) is 14.3 Å². The Morgan fingerprint density at radius 2 is 2.00 bits per heavy atom. The van der Waals surface area contributed by atoms with Gasteiger partial charge in [0.2, 0.25) is 6.41 Å². The first-order chi connectivity index (χ1) is 10.9. The summed E-state index contributed by atoms with van der Waals surface area (Å²) in [5.74, 6) is 0.0314. The highest BCUT2D eigenvalue weighted by Gasteiger charge is 2.13. The molecule has 0 radical (unpaired) electrons. The zero-order valence-corrected chi connectivity index (χ0v) is 14.8. The Labute approximate surface area is 138 Å². The molecule has 0 atom stereocenters. The average molecular weight is 321 g/mol. The van der Waals surface area contributed by atoms with Gasteiger partial charge in [-0.1, -0.05) is 13.8 Å². The van der Waals surface area contributed by atoms with E-state index in [-0.39, 0.29) is 0 Å². The van der Waals surface area contributed by atoms with Crippen molar-refractivity contribution in [3.8, 4) is 0 Å². The number of rotatable bonds is 6. The summed E-state index contributed by atoms with van der Waals surface area (Å²) in [5.41, 5.74) is 0.899. The van der Waals surface area contributed by atoms with E-state index in [9.17, 15) is 9.59 Å². The first-order valence-corrected chi connectivity index (χ1v) is 7.71. The van der Waals surface area contributed by atoms with Crippen molar-refractivity contribution in [3.63, 3.8) is 0 Å². The molecule has 23 heavy (non-hydrogen) atoms. The fraction of sp³-hybridized carbons (Fsp3) is 0.471. The molecular weight excluding hydrogens is 294 g/mol. The van der Waals surface area contributed by atoms with Gasteiger partial charge < -0.3 is 15.4 Å². The Kier molecular flexibility index (Phi) is 9.30. The Balaban J connectivity index is 0.00000232. The molecule has 0 spiro atoms. The zero-order valence-electron chi connectivity index (χ0n) is 14.8. The summed E-state index contributed by atoms with van der Waals surface area (Å²) in [4.78, 5) is 26.2. The number of ether oxygens (including phenoxy) is 1. The lowest BCUT2D eigenvalue weighted by Crippen LogP contribution is -2.22. The lowest BCUT2D eigenvalue weighted by atomic mass is 10.2. The van der Waals surface area contributed by atoms with Crippen molar-refractivity contribution in [2.75, 3.05) is 17.2 Å². The molecule has 6 heteroatoms. The third-order valence-electron chi connectivity index (χ3n) is 2.29. The Morgan fingerprint density at radius 3 is 2.52 bits per heavy atom. The monoisotopic (exact) mass is 321 g/mol. The Morgan fingerprint density at radius 1 is 1.35 bits per heavy atom. The van der Waals surface area contributed by atoms with Crippen molar-refractivity contribution in [3.05, 3.63) is 23.9 Å². The van der Waals surface area contributed by atoms with E-state index in [1.54, 1.807) is 18.3 Å². The summed E-state index contributed by atoms with van der Waals surface area (Å²) in [6.07, 6.45) is 5.10. The molecule has 0 bridgehead atoms. The SMILES string of the molecule is CC.CCNc1cc(/C=C/C(=O)OC(C)(C)C)cnc1NC=O. The van der Waals surface area contributed by atoms with Crippen LogP contribution >= 0.6 is 0 Å². The third-order valence-corrected chi connectivity index (χ3v) is 2.29. The maximum Gasteiger partial charge on any atom is 0.331 e. The molecule has 1 aromatic rings. The predicted octanol–water partition coefficient (Wildman–Crippen LogP) is 3.46. The van der Waals surface area contributed by atoms with Crippen molar-refractivity contribution in [1.29, 1.82) is 0 Å². The fourth-order valence-corrected chi connectivity index (χ4v) is 1.57. The van der Waals surface area contributed by atoms with Crippen molar-refractivity contribution < 1.29 is 14.3 Å². The van der Waals surface area contributed by atoms with Gasteiger partial charge in [-0.15, -0.1) is 0 Å². The first-order valence-electron chi connectivity index (χ1n) is 7.71. The number of hydrogen-bond acceptors (Lipinski definition) is 5. The lowest BCUT2D eigenvalue weighted by molar-refractivity contribution is -0.148. The van der Waals surface area contributed by atoms with Crippen LogP contribution in [0.1, 0.15) is 47.1 Å². The standard InChI is InChI=1S/C15H21N3O3.C2H6/c1-5-16-12-8-11(9-17-14(12)18-10-19)6-7-13(20)21-15(2,3)4;1-2/h6-10,16H,5H2,1-4H3,(H,17,18,19);1-2H3/b7-6+;. The third kappa shape index (κ3) is 8.60. The van der Waals surface area contributed by atoms with Crippen LogP contribution < -0.4 is 10.6 Å². The van der Waals surface area contributed by atoms with E-state index in [1.807, 2.05) is 41.5 Å². The van der Waals surface area contributed by atoms with Crippen LogP contribution in [-0.4, -0.2) is 29.5 Å². The van der Waals surface area contributed by atoms with E-state index in [2.05, 4.69) is 15.6 Å². The highest BCUT2D eigenvalue weighted by molar-refractivity contribution is 5.88. The summed E-state index contributed by atoms with van der Waals surface area (Å²) in [5, 5.41) is 5.61.